The molecule has 0 aromatic heterocycles. The smallest absolute Gasteiger partial charge is 0.312 e. The van der Waals surface area contributed by atoms with Crippen molar-refractivity contribution < 1.29 is 19.1 Å². The van der Waals surface area contributed by atoms with Gasteiger partial charge in [0.15, 0.2) is 0 Å². The molecular weight excluding hydrogens is 316 g/mol. The van der Waals surface area contributed by atoms with Gasteiger partial charge in [0.25, 0.3) is 0 Å². The minimum atomic E-state index is -0.373. The van der Waals surface area contributed by atoms with Crippen LogP contribution in [0.25, 0.3) is 0 Å². The zero-order valence-corrected chi connectivity index (χ0v) is 15.0. The Morgan fingerprint density at radius 3 is 2.28 bits per heavy atom. The molecule has 4 saturated heterocycles. The Morgan fingerprint density at radius 1 is 0.800 bits per heavy atom. The van der Waals surface area contributed by atoms with Gasteiger partial charge in [-0.1, -0.05) is 0 Å². The molecule has 8 aliphatic rings. The number of carbonyl (C=O) groups is 2. The van der Waals surface area contributed by atoms with E-state index in [1.54, 1.807) is 0 Å². The third kappa shape index (κ3) is 1.89. The maximum atomic E-state index is 13.3. The molecular formula is C21H28O4. The van der Waals surface area contributed by atoms with E-state index in [4.69, 9.17) is 9.47 Å². The van der Waals surface area contributed by atoms with Gasteiger partial charge in [-0.25, -0.2) is 0 Å². The van der Waals surface area contributed by atoms with Crippen LogP contribution in [0.1, 0.15) is 64.7 Å². The van der Waals surface area contributed by atoms with Gasteiger partial charge in [0.05, 0.1) is 10.8 Å². The highest BCUT2D eigenvalue weighted by Crippen LogP contribution is 2.65. The maximum absolute atomic E-state index is 13.3. The fraction of sp³-hybridized carbons (Fsp3) is 0.905. The molecule has 7 atom stereocenters. The fourth-order valence-electron chi connectivity index (χ4n) is 8.39. The van der Waals surface area contributed by atoms with E-state index < -0.39 is 0 Å². The molecule has 0 radical (unpaired) electrons. The average molecular weight is 344 g/mol. The Kier molecular flexibility index (Phi) is 2.77. The number of hydrogen-bond donors (Lipinski definition) is 0. The van der Waals surface area contributed by atoms with Crippen LogP contribution in [-0.4, -0.2) is 24.1 Å². The second-order valence-electron chi connectivity index (χ2n) is 10.6. The zero-order chi connectivity index (χ0) is 17.0. The van der Waals surface area contributed by atoms with Crippen LogP contribution in [0.15, 0.2) is 0 Å². The first-order chi connectivity index (χ1) is 12.0. The van der Waals surface area contributed by atoms with Crippen LogP contribution in [0.4, 0.5) is 0 Å². The van der Waals surface area contributed by atoms with Crippen LogP contribution in [0.2, 0.25) is 0 Å². The standard InChI is InChI=1S/C21H28O4/c1-20-7-13-3-14(10-20)17(16(6-13)25-18(20)22)21-8-11-2-12(9-21)5-15(4-11)24-19(21)23/h11-17H,2-10H2,1H3. The highest BCUT2D eigenvalue weighted by Gasteiger charge is 2.66. The van der Waals surface area contributed by atoms with E-state index in [-0.39, 0.29) is 40.9 Å². The molecule has 4 aliphatic carbocycles. The Balaban J connectivity index is 1.46. The summed E-state index contributed by atoms with van der Waals surface area (Å²) in [6, 6.07) is 0. The van der Waals surface area contributed by atoms with Crippen molar-refractivity contribution in [1.29, 1.82) is 0 Å². The molecule has 8 bridgehead atoms. The second-order valence-corrected chi connectivity index (χ2v) is 10.6. The lowest BCUT2D eigenvalue weighted by molar-refractivity contribution is -0.176. The maximum Gasteiger partial charge on any atom is 0.312 e. The summed E-state index contributed by atoms with van der Waals surface area (Å²) >= 11 is 0. The molecule has 8 rings (SSSR count). The Hall–Kier alpha value is -1.06. The number of esters is 2. The van der Waals surface area contributed by atoms with Gasteiger partial charge in [-0.2, -0.15) is 0 Å². The van der Waals surface area contributed by atoms with Crippen molar-refractivity contribution in [2.75, 3.05) is 0 Å². The normalized spacial score (nSPS) is 58.7. The van der Waals surface area contributed by atoms with Crippen molar-refractivity contribution in [3.63, 3.8) is 0 Å². The van der Waals surface area contributed by atoms with Gasteiger partial charge in [0, 0.05) is 5.92 Å². The van der Waals surface area contributed by atoms with Crippen molar-refractivity contribution in [2.24, 2.45) is 40.4 Å². The van der Waals surface area contributed by atoms with Crippen molar-refractivity contribution in [3.05, 3.63) is 0 Å². The molecule has 8 fully saturated rings. The van der Waals surface area contributed by atoms with Crippen LogP contribution in [0.3, 0.4) is 0 Å². The molecule has 136 valence electrons. The molecule has 7 unspecified atom stereocenters. The van der Waals surface area contributed by atoms with Crippen molar-refractivity contribution >= 4 is 11.9 Å². The van der Waals surface area contributed by atoms with Gasteiger partial charge >= 0.3 is 11.9 Å². The summed E-state index contributed by atoms with van der Waals surface area (Å²) in [5.41, 5.74) is -0.694. The summed E-state index contributed by atoms with van der Waals surface area (Å²) < 4.78 is 12.1. The molecule has 25 heavy (non-hydrogen) atoms. The van der Waals surface area contributed by atoms with E-state index in [2.05, 4.69) is 6.92 Å². The van der Waals surface area contributed by atoms with E-state index in [1.807, 2.05) is 0 Å². The van der Waals surface area contributed by atoms with Crippen LogP contribution in [0, 0.1) is 40.4 Å². The lowest BCUT2D eigenvalue weighted by atomic mass is 9.48. The van der Waals surface area contributed by atoms with Gasteiger partial charge in [-0.15, -0.1) is 0 Å². The van der Waals surface area contributed by atoms with E-state index >= 15 is 0 Å². The van der Waals surface area contributed by atoms with Crippen molar-refractivity contribution in [2.45, 2.75) is 76.9 Å². The Morgan fingerprint density at radius 2 is 1.52 bits per heavy atom. The zero-order valence-electron chi connectivity index (χ0n) is 15.0. The van der Waals surface area contributed by atoms with E-state index in [1.165, 1.54) is 12.8 Å². The third-order valence-electron chi connectivity index (χ3n) is 8.80. The molecule has 4 nitrogen and oxygen atoms in total. The highest BCUT2D eigenvalue weighted by molar-refractivity contribution is 5.80. The molecule has 0 aromatic carbocycles. The molecule has 4 aliphatic heterocycles. The molecule has 4 heterocycles. The Bertz CT molecular complexity index is 642. The molecule has 0 amide bonds. The van der Waals surface area contributed by atoms with E-state index in [0.717, 1.165) is 44.9 Å². The van der Waals surface area contributed by atoms with E-state index in [0.29, 0.717) is 23.7 Å². The van der Waals surface area contributed by atoms with Crippen LogP contribution in [0.5, 0.6) is 0 Å². The monoisotopic (exact) mass is 344 g/mol. The first kappa shape index (κ1) is 15.0. The minimum absolute atomic E-state index is 0.00208. The topological polar surface area (TPSA) is 52.6 Å². The van der Waals surface area contributed by atoms with Crippen LogP contribution < -0.4 is 0 Å². The molecule has 4 saturated carbocycles. The van der Waals surface area contributed by atoms with Crippen molar-refractivity contribution in [1.82, 2.24) is 0 Å². The van der Waals surface area contributed by atoms with Gasteiger partial charge in [-0.05, 0) is 88.4 Å². The van der Waals surface area contributed by atoms with Gasteiger partial charge in [0.2, 0.25) is 0 Å². The quantitative estimate of drug-likeness (QED) is 0.684. The first-order valence-corrected chi connectivity index (χ1v) is 10.4. The molecule has 0 spiro atoms. The van der Waals surface area contributed by atoms with Crippen LogP contribution >= 0.6 is 0 Å². The number of ether oxygens (including phenoxy) is 2. The lowest BCUT2D eigenvalue weighted by Gasteiger charge is -2.53. The fourth-order valence-corrected chi connectivity index (χ4v) is 8.39. The van der Waals surface area contributed by atoms with Gasteiger partial charge in [-0.3, -0.25) is 9.59 Å². The predicted molar refractivity (Wildman–Crippen MR) is 89.3 cm³/mol. The number of fused-ring (bicyclic) bond motifs is 2. The Labute approximate surface area is 149 Å². The summed E-state index contributed by atoms with van der Waals surface area (Å²) in [4.78, 5) is 26.1. The molecule has 0 aromatic rings. The van der Waals surface area contributed by atoms with Crippen LogP contribution in [-0.2, 0) is 19.1 Å². The summed E-state index contributed by atoms with van der Waals surface area (Å²) in [6.45, 7) is 2.10. The van der Waals surface area contributed by atoms with Gasteiger partial charge in [0.1, 0.15) is 12.2 Å². The average Bonchev–Trinajstić information content (AvgIpc) is 2.74. The minimum Gasteiger partial charge on any atom is -0.462 e. The number of hydrogen-bond acceptors (Lipinski definition) is 4. The molecule has 4 heteroatoms. The third-order valence-corrected chi connectivity index (χ3v) is 8.80. The molecule has 0 N–H and O–H groups in total. The SMILES string of the molecule is CC12CC3CC(C1)C(C14CC5CC(CC(C5)OC1=O)C4)C(C3)OC2=O. The summed E-state index contributed by atoms with van der Waals surface area (Å²) in [7, 11) is 0. The van der Waals surface area contributed by atoms with Gasteiger partial charge < -0.3 is 9.47 Å². The summed E-state index contributed by atoms with van der Waals surface area (Å²) in [6.07, 6.45) is 9.51. The number of carbonyl (C=O) groups excluding carboxylic acids is 2. The number of rotatable bonds is 1. The van der Waals surface area contributed by atoms with Crippen molar-refractivity contribution in [3.8, 4) is 0 Å². The second kappa shape index (κ2) is 4.61. The van der Waals surface area contributed by atoms with E-state index in [9.17, 15) is 9.59 Å². The lowest BCUT2D eigenvalue weighted by Crippen LogP contribution is -2.54. The summed E-state index contributed by atoms with van der Waals surface area (Å²) in [5, 5.41) is 0. The summed E-state index contributed by atoms with van der Waals surface area (Å²) in [5.74, 6) is 2.58. The predicted octanol–water partition coefficient (Wildman–Crippen LogP) is 3.48. The largest absolute Gasteiger partial charge is 0.462 e. The first-order valence-electron chi connectivity index (χ1n) is 10.4. The highest BCUT2D eigenvalue weighted by atomic mass is 16.6.